The summed E-state index contributed by atoms with van der Waals surface area (Å²) in [5.41, 5.74) is 5.35. The van der Waals surface area contributed by atoms with E-state index in [-0.39, 0.29) is 17.4 Å². The number of amides is 2. The molecule has 0 aromatic carbocycles. The molecule has 4 saturated carbocycles. The molecule has 24 heavy (non-hydrogen) atoms. The number of carbonyl (C=O) groups is 2. The van der Waals surface area contributed by atoms with Crippen LogP contribution in [0.3, 0.4) is 0 Å². The Balaban J connectivity index is 1.59. The van der Waals surface area contributed by atoms with Crippen LogP contribution in [0.25, 0.3) is 0 Å². The molecule has 2 amide bonds. The van der Waals surface area contributed by atoms with Gasteiger partial charge in [-0.05, 0) is 56.4 Å². The van der Waals surface area contributed by atoms with Crippen LogP contribution in [0, 0.1) is 17.3 Å². The average molecular weight is 329 g/mol. The fourth-order valence-electron chi connectivity index (χ4n) is 5.66. The first-order chi connectivity index (χ1) is 11.4. The third kappa shape index (κ3) is 2.36. The molecule has 6 nitrogen and oxygen atoms in total. The van der Waals surface area contributed by atoms with Crippen molar-refractivity contribution in [1.82, 2.24) is 10.3 Å². The smallest absolute Gasteiger partial charge is 0.270 e. The molecule has 0 spiro atoms. The highest BCUT2D eigenvalue weighted by molar-refractivity contribution is 5.93. The minimum absolute atomic E-state index is 0.199. The molecular weight excluding hydrogens is 306 g/mol. The molecule has 5 rings (SSSR count). The lowest BCUT2D eigenvalue weighted by atomic mass is 9.46. The van der Waals surface area contributed by atoms with E-state index in [0.717, 1.165) is 32.1 Å². The largest absolute Gasteiger partial charge is 0.481 e. The first kappa shape index (κ1) is 15.4. The van der Waals surface area contributed by atoms with Crippen molar-refractivity contribution in [3.05, 3.63) is 23.9 Å². The number of carbonyl (C=O) groups excluding carboxylic acids is 2. The summed E-state index contributed by atoms with van der Waals surface area (Å²) < 4.78 is 5.09. The highest BCUT2D eigenvalue weighted by Crippen LogP contribution is 2.61. The van der Waals surface area contributed by atoms with Crippen LogP contribution in [-0.4, -0.2) is 29.4 Å². The maximum atomic E-state index is 12.7. The van der Waals surface area contributed by atoms with E-state index in [4.69, 9.17) is 10.5 Å². The quantitative estimate of drug-likeness (QED) is 0.878. The van der Waals surface area contributed by atoms with Gasteiger partial charge in [-0.15, -0.1) is 0 Å². The fraction of sp³-hybridized carbons (Fsp3) is 0.611. The number of hydrogen-bond acceptors (Lipinski definition) is 4. The monoisotopic (exact) mass is 329 g/mol. The van der Waals surface area contributed by atoms with Crippen LogP contribution in [0.1, 0.15) is 49.0 Å². The van der Waals surface area contributed by atoms with Gasteiger partial charge in [-0.25, -0.2) is 4.98 Å². The number of nitrogens with zero attached hydrogens (tertiary/aromatic N) is 1. The summed E-state index contributed by atoms with van der Waals surface area (Å²) in [5.74, 6) is 0.988. The minimum atomic E-state index is -0.431. The standard InChI is InChI=1S/C18H23N3O3/c1-24-14-4-2-3-13(20-14)15(22)21-18-8-11-5-12(9-18)7-17(6-11,10-18)16(19)23/h2-4,11-12H,5-10H2,1H3,(H2,19,23)(H,21,22). The van der Waals surface area contributed by atoms with Crippen molar-refractivity contribution < 1.29 is 14.3 Å². The normalized spacial score (nSPS) is 36.4. The Kier molecular flexibility index (Phi) is 3.34. The Morgan fingerprint density at radius 3 is 2.58 bits per heavy atom. The summed E-state index contributed by atoms with van der Waals surface area (Å²) >= 11 is 0. The maximum absolute atomic E-state index is 12.7. The first-order valence-electron chi connectivity index (χ1n) is 8.57. The van der Waals surface area contributed by atoms with E-state index in [1.54, 1.807) is 18.2 Å². The van der Waals surface area contributed by atoms with E-state index in [0.29, 0.717) is 29.8 Å². The summed E-state index contributed by atoms with van der Waals surface area (Å²) in [5, 5.41) is 3.21. The molecule has 1 heterocycles. The third-order valence-electron chi connectivity index (χ3n) is 6.13. The zero-order valence-electron chi connectivity index (χ0n) is 13.9. The van der Waals surface area contributed by atoms with E-state index < -0.39 is 5.41 Å². The van der Waals surface area contributed by atoms with Gasteiger partial charge < -0.3 is 15.8 Å². The molecule has 0 saturated heterocycles. The lowest BCUT2D eigenvalue weighted by Crippen LogP contribution is -2.65. The van der Waals surface area contributed by atoms with Crippen molar-refractivity contribution in [2.24, 2.45) is 23.0 Å². The second-order valence-corrected chi connectivity index (χ2v) is 7.91. The van der Waals surface area contributed by atoms with Crippen LogP contribution in [0.2, 0.25) is 0 Å². The maximum Gasteiger partial charge on any atom is 0.270 e. The van der Waals surface area contributed by atoms with Crippen LogP contribution < -0.4 is 15.8 Å². The molecular formula is C18H23N3O3. The molecule has 2 atom stereocenters. The molecule has 2 unspecified atom stereocenters. The number of hydrogen-bond donors (Lipinski definition) is 2. The molecule has 128 valence electrons. The molecule has 4 aliphatic rings. The number of ether oxygens (including phenoxy) is 1. The van der Waals surface area contributed by atoms with Crippen molar-refractivity contribution in [1.29, 1.82) is 0 Å². The van der Waals surface area contributed by atoms with Gasteiger partial charge in [0.05, 0.1) is 12.5 Å². The van der Waals surface area contributed by atoms with Gasteiger partial charge in [0.15, 0.2) is 0 Å². The van der Waals surface area contributed by atoms with Gasteiger partial charge in [0.2, 0.25) is 11.8 Å². The highest BCUT2D eigenvalue weighted by Gasteiger charge is 2.60. The van der Waals surface area contributed by atoms with Gasteiger partial charge in [0.1, 0.15) is 5.69 Å². The Morgan fingerprint density at radius 2 is 1.96 bits per heavy atom. The Hall–Kier alpha value is -2.11. The number of pyridine rings is 1. The van der Waals surface area contributed by atoms with Gasteiger partial charge in [-0.2, -0.15) is 0 Å². The van der Waals surface area contributed by atoms with Crippen molar-refractivity contribution in [2.75, 3.05) is 7.11 Å². The number of methoxy groups -OCH3 is 1. The summed E-state index contributed by atoms with van der Waals surface area (Å²) in [6, 6.07) is 5.15. The van der Waals surface area contributed by atoms with Crippen LogP contribution in [-0.2, 0) is 4.79 Å². The van der Waals surface area contributed by atoms with Gasteiger partial charge in [0, 0.05) is 11.6 Å². The van der Waals surface area contributed by atoms with Crippen molar-refractivity contribution in [3.63, 3.8) is 0 Å². The second-order valence-electron chi connectivity index (χ2n) is 7.91. The average Bonchev–Trinajstić information content (AvgIpc) is 2.53. The molecule has 1 aromatic heterocycles. The molecule has 6 heteroatoms. The Labute approximate surface area is 141 Å². The zero-order chi connectivity index (χ0) is 16.9. The number of nitrogens with one attached hydrogen (secondary N) is 1. The number of primary amides is 1. The van der Waals surface area contributed by atoms with Crippen LogP contribution in [0.15, 0.2) is 18.2 Å². The van der Waals surface area contributed by atoms with Crippen molar-refractivity contribution in [3.8, 4) is 5.88 Å². The number of nitrogens with two attached hydrogens (primary N) is 1. The van der Waals surface area contributed by atoms with E-state index in [1.165, 1.54) is 7.11 Å². The number of aromatic nitrogens is 1. The molecule has 1 aromatic rings. The zero-order valence-corrected chi connectivity index (χ0v) is 13.9. The topological polar surface area (TPSA) is 94.3 Å². The second kappa shape index (κ2) is 5.19. The van der Waals surface area contributed by atoms with Crippen molar-refractivity contribution >= 4 is 11.8 Å². The molecule has 0 radical (unpaired) electrons. The molecule has 4 bridgehead atoms. The van der Waals surface area contributed by atoms with Crippen LogP contribution in [0.5, 0.6) is 5.88 Å². The lowest BCUT2D eigenvalue weighted by Gasteiger charge is -2.61. The van der Waals surface area contributed by atoms with Gasteiger partial charge >= 0.3 is 0 Å². The molecule has 4 fully saturated rings. The minimum Gasteiger partial charge on any atom is -0.481 e. The fourth-order valence-corrected chi connectivity index (χ4v) is 5.66. The van der Waals surface area contributed by atoms with E-state index in [1.807, 2.05) is 0 Å². The molecule has 4 aliphatic carbocycles. The van der Waals surface area contributed by atoms with E-state index in [2.05, 4.69) is 10.3 Å². The summed E-state index contributed by atoms with van der Waals surface area (Å²) in [6.07, 6.45) is 5.46. The Bertz CT molecular complexity index is 689. The number of rotatable bonds is 4. The van der Waals surface area contributed by atoms with E-state index in [9.17, 15) is 9.59 Å². The lowest BCUT2D eigenvalue weighted by molar-refractivity contribution is -0.146. The SMILES string of the molecule is COc1cccc(C(=O)NC23CC4CC(C2)CC(C(N)=O)(C4)C3)n1. The third-order valence-corrected chi connectivity index (χ3v) is 6.13. The molecule has 3 N–H and O–H groups in total. The molecule has 0 aliphatic heterocycles. The first-order valence-corrected chi connectivity index (χ1v) is 8.57. The highest BCUT2D eigenvalue weighted by atomic mass is 16.5. The predicted octanol–water partition coefficient (Wildman–Crippen LogP) is 1.64. The van der Waals surface area contributed by atoms with E-state index >= 15 is 0 Å². The van der Waals surface area contributed by atoms with Crippen molar-refractivity contribution in [2.45, 2.75) is 44.1 Å². The van der Waals surface area contributed by atoms with Gasteiger partial charge in [-0.1, -0.05) is 6.07 Å². The summed E-state index contributed by atoms with van der Waals surface area (Å²) in [6.45, 7) is 0. The Morgan fingerprint density at radius 1 is 1.25 bits per heavy atom. The van der Waals surface area contributed by atoms with Gasteiger partial charge in [0.25, 0.3) is 5.91 Å². The van der Waals surface area contributed by atoms with Crippen LogP contribution >= 0.6 is 0 Å². The summed E-state index contributed by atoms with van der Waals surface area (Å²) in [4.78, 5) is 29.1. The predicted molar refractivity (Wildman–Crippen MR) is 87.3 cm³/mol. The van der Waals surface area contributed by atoms with Gasteiger partial charge in [-0.3, -0.25) is 9.59 Å². The summed E-state index contributed by atoms with van der Waals surface area (Å²) in [7, 11) is 1.53. The van der Waals surface area contributed by atoms with Crippen LogP contribution in [0.4, 0.5) is 0 Å².